The maximum atomic E-state index is 12.3. The van der Waals surface area contributed by atoms with Crippen molar-refractivity contribution in [2.45, 2.75) is 0 Å². The number of fused-ring (bicyclic) bond motifs is 1. The van der Waals surface area contributed by atoms with Crippen LogP contribution in [0, 0.1) is 0 Å². The Morgan fingerprint density at radius 2 is 1.60 bits per heavy atom. The first-order chi connectivity index (χ1) is 9.75. The molecule has 1 heterocycles. The minimum Gasteiger partial charge on any atom is -0.295 e. The van der Waals surface area contributed by atoms with Gasteiger partial charge in [-0.1, -0.05) is 30.3 Å². The molecular formula is C16H13N3O. The fourth-order valence-corrected chi connectivity index (χ4v) is 1.99. The maximum absolute atomic E-state index is 12.3. The summed E-state index contributed by atoms with van der Waals surface area (Å²) in [5, 5.41) is 0. The molecule has 2 aromatic carbocycles. The lowest BCUT2D eigenvalue weighted by Crippen LogP contribution is -2.27. The molecule has 4 nitrogen and oxygen atoms in total. The molecule has 4 heteroatoms. The van der Waals surface area contributed by atoms with Crippen LogP contribution in [0.4, 0.5) is 5.82 Å². The van der Waals surface area contributed by atoms with Crippen LogP contribution in [0.3, 0.4) is 0 Å². The number of hydrogen-bond donors (Lipinski definition) is 0. The van der Waals surface area contributed by atoms with Gasteiger partial charge in [0.15, 0.2) is 5.82 Å². The van der Waals surface area contributed by atoms with E-state index in [2.05, 4.69) is 9.97 Å². The topological polar surface area (TPSA) is 46.1 Å². The van der Waals surface area contributed by atoms with E-state index in [0.717, 1.165) is 11.0 Å². The van der Waals surface area contributed by atoms with E-state index in [4.69, 9.17) is 0 Å². The first-order valence-electron chi connectivity index (χ1n) is 6.30. The second-order valence-corrected chi connectivity index (χ2v) is 4.45. The van der Waals surface area contributed by atoms with Gasteiger partial charge < -0.3 is 0 Å². The number of anilines is 1. The minimum atomic E-state index is -0.102. The monoisotopic (exact) mass is 263 g/mol. The van der Waals surface area contributed by atoms with Crippen molar-refractivity contribution in [3.63, 3.8) is 0 Å². The number of aromatic nitrogens is 2. The summed E-state index contributed by atoms with van der Waals surface area (Å²) >= 11 is 0. The predicted octanol–water partition coefficient (Wildman–Crippen LogP) is 2.91. The van der Waals surface area contributed by atoms with Crippen LogP contribution < -0.4 is 4.90 Å². The van der Waals surface area contributed by atoms with E-state index in [9.17, 15) is 4.79 Å². The highest BCUT2D eigenvalue weighted by Crippen LogP contribution is 2.16. The number of rotatable bonds is 2. The second kappa shape index (κ2) is 5.09. The largest absolute Gasteiger partial charge is 0.295 e. The van der Waals surface area contributed by atoms with Crippen molar-refractivity contribution >= 4 is 22.8 Å². The predicted molar refractivity (Wildman–Crippen MR) is 78.7 cm³/mol. The van der Waals surface area contributed by atoms with E-state index < -0.39 is 0 Å². The molecule has 20 heavy (non-hydrogen) atoms. The van der Waals surface area contributed by atoms with Crippen LogP contribution in [0.5, 0.6) is 0 Å². The molecule has 0 radical (unpaired) electrons. The summed E-state index contributed by atoms with van der Waals surface area (Å²) < 4.78 is 0. The Kier molecular flexibility index (Phi) is 3.13. The molecule has 0 unspecified atom stereocenters. The molecule has 3 aromatic rings. The van der Waals surface area contributed by atoms with Gasteiger partial charge in [0.25, 0.3) is 5.91 Å². The van der Waals surface area contributed by atoms with Crippen molar-refractivity contribution in [2.24, 2.45) is 0 Å². The van der Waals surface area contributed by atoms with Crippen molar-refractivity contribution in [1.29, 1.82) is 0 Å². The molecule has 3 rings (SSSR count). The summed E-state index contributed by atoms with van der Waals surface area (Å²) in [5.41, 5.74) is 2.22. The van der Waals surface area contributed by atoms with Gasteiger partial charge in [-0.25, -0.2) is 4.98 Å². The summed E-state index contributed by atoms with van der Waals surface area (Å²) in [6, 6.07) is 16.7. The Hall–Kier alpha value is -2.75. The lowest BCUT2D eigenvalue weighted by atomic mass is 10.2. The van der Waals surface area contributed by atoms with Crippen LogP contribution in [0.1, 0.15) is 10.4 Å². The minimum absolute atomic E-state index is 0.102. The molecule has 0 N–H and O–H groups in total. The molecule has 1 amide bonds. The average Bonchev–Trinajstić information content (AvgIpc) is 2.54. The summed E-state index contributed by atoms with van der Waals surface area (Å²) in [7, 11) is 1.70. The van der Waals surface area contributed by atoms with Crippen LogP contribution in [-0.2, 0) is 0 Å². The van der Waals surface area contributed by atoms with Crippen molar-refractivity contribution < 1.29 is 4.79 Å². The van der Waals surface area contributed by atoms with E-state index >= 15 is 0 Å². The SMILES string of the molecule is CN(C(=O)c1ccccc1)c1cnc2ccccc2n1. The van der Waals surface area contributed by atoms with Gasteiger partial charge >= 0.3 is 0 Å². The molecule has 0 aliphatic carbocycles. The molecule has 0 aliphatic rings. The van der Waals surface area contributed by atoms with Gasteiger partial charge in [-0.3, -0.25) is 14.7 Å². The highest BCUT2D eigenvalue weighted by atomic mass is 16.2. The van der Waals surface area contributed by atoms with Crippen LogP contribution in [0.25, 0.3) is 11.0 Å². The number of carbonyl (C=O) groups excluding carboxylic acids is 1. The van der Waals surface area contributed by atoms with Crippen molar-refractivity contribution in [3.05, 3.63) is 66.4 Å². The number of amides is 1. The van der Waals surface area contributed by atoms with E-state index in [1.165, 1.54) is 4.90 Å². The molecule has 98 valence electrons. The molecule has 0 bridgehead atoms. The number of benzene rings is 2. The molecule has 1 aromatic heterocycles. The quantitative estimate of drug-likeness (QED) is 0.714. The van der Waals surface area contributed by atoms with Crippen LogP contribution in [0.15, 0.2) is 60.8 Å². The van der Waals surface area contributed by atoms with Crippen molar-refractivity contribution in [1.82, 2.24) is 9.97 Å². The van der Waals surface area contributed by atoms with E-state index in [1.807, 2.05) is 42.5 Å². The van der Waals surface area contributed by atoms with E-state index in [0.29, 0.717) is 11.4 Å². The molecule has 0 saturated heterocycles. The Morgan fingerprint density at radius 1 is 0.950 bits per heavy atom. The fraction of sp³-hybridized carbons (Fsp3) is 0.0625. The Labute approximate surface area is 116 Å². The zero-order chi connectivity index (χ0) is 13.9. The van der Waals surface area contributed by atoms with Gasteiger partial charge in [0.1, 0.15) is 0 Å². The van der Waals surface area contributed by atoms with Gasteiger partial charge in [0.2, 0.25) is 0 Å². The normalized spacial score (nSPS) is 10.4. The smallest absolute Gasteiger partial charge is 0.259 e. The molecule has 0 fully saturated rings. The Bertz CT molecular complexity index is 756. The third kappa shape index (κ3) is 2.23. The van der Waals surface area contributed by atoms with Crippen LogP contribution >= 0.6 is 0 Å². The van der Waals surface area contributed by atoms with E-state index in [1.54, 1.807) is 25.4 Å². The standard InChI is InChI=1S/C16H13N3O/c1-19(16(20)12-7-3-2-4-8-12)15-11-17-13-9-5-6-10-14(13)18-15/h2-11H,1H3. The summed E-state index contributed by atoms with van der Waals surface area (Å²) in [6.45, 7) is 0. The van der Waals surface area contributed by atoms with Crippen molar-refractivity contribution in [3.8, 4) is 0 Å². The van der Waals surface area contributed by atoms with Gasteiger partial charge in [0, 0.05) is 12.6 Å². The zero-order valence-electron chi connectivity index (χ0n) is 11.0. The van der Waals surface area contributed by atoms with Gasteiger partial charge in [0.05, 0.1) is 17.2 Å². The number of nitrogens with zero attached hydrogens (tertiary/aromatic N) is 3. The lowest BCUT2D eigenvalue weighted by Gasteiger charge is -2.16. The molecule has 0 atom stereocenters. The molecular weight excluding hydrogens is 250 g/mol. The Balaban J connectivity index is 1.96. The first-order valence-corrected chi connectivity index (χ1v) is 6.30. The first kappa shape index (κ1) is 12.3. The summed E-state index contributed by atoms with van der Waals surface area (Å²) in [5.74, 6) is 0.438. The molecule has 0 aliphatic heterocycles. The number of hydrogen-bond acceptors (Lipinski definition) is 3. The highest BCUT2D eigenvalue weighted by Gasteiger charge is 2.14. The van der Waals surface area contributed by atoms with Crippen LogP contribution in [0.2, 0.25) is 0 Å². The Morgan fingerprint density at radius 3 is 2.35 bits per heavy atom. The fourth-order valence-electron chi connectivity index (χ4n) is 1.99. The van der Waals surface area contributed by atoms with Gasteiger partial charge in [-0.2, -0.15) is 0 Å². The van der Waals surface area contributed by atoms with Crippen LogP contribution in [-0.4, -0.2) is 22.9 Å². The van der Waals surface area contributed by atoms with Gasteiger partial charge in [-0.05, 0) is 24.3 Å². The average molecular weight is 263 g/mol. The summed E-state index contributed by atoms with van der Waals surface area (Å²) in [6.07, 6.45) is 1.61. The molecule has 0 saturated carbocycles. The molecule has 0 spiro atoms. The summed E-state index contributed by atoms with van der Waals surface area (Å²) in [4.78, 5) is 22.6. The number of carbonyl (C=O) groups is 1. The zero-order valence-corrected chi connectivity index (χ0v) is 11.0. The second-order valence-electron chi connectivity index (χ2n) is 4.45. The maximum Gasteiger partial charge on any atom is 0.259 e. The lowest BCUT2D eigenvalue weighted by molar-refractivity contribution is 0.0992. The third-order valence-electron chi connectivity index (χ3n) is 3.10. The van der Waals surface area contributed by atoms with E-state index in [-0.39, 0.29) is 5.91 Å². The van der Waals surface area contributed by atoms with Crippen molar-refractivity contribution in [2.75, 3.05) is 11.9 Å². The van der Waals surface area contributed by atoms with Gasteiger partial charge in [-0.15, -0.1) is 0 Å². The third-order valence-corrected chi connectivity index (χ3v) is 3.10. The number of para-hydroxylation sites is 2. The highest BCUT2D eigenvalue weighted by molar-refractivity contribution is 6.05.